The van der Waals surface area contributed by atoms with Crippen molar-refractivity contribution >= 4 is 0 Å². The maximum Gasteiger partial charge on any atom is 0.173 e. The maximum atomic E-state index is 8.44. The van der Waals surface area contributed by atoms with Crippen molar-refractivity contribution in [2.75, 3.05) is 0 Å². The highest BCUT2D eigenvalue weighted by atomic mass is 16.3. The van der Waals surface area contributed by atoms with E-state index in [1.165, 1.54) is 0 Å². The molecule has 0 aliphatic carbocycles. The molecule has 0 saturated heterocycles. The summed E-state index contributed by atoms with van der Waals surface area (Å²) in [6, 6.07) is 5.65. The van der Waals surface area contributed by atoms with Gasteiger partial charge in [-0.3, -0.25) is 0 Å². The van der Waals surface area contributed by atoms with E-state index >= 15 is 0 Å². The van der Waals surface area contributed by atoms with Gasteiger partial charge in [0.2, 0.25) is 0 Å². The fourth-order valence-corrected chi connectivity index (χ4v) is 1.07. The lowest BCUT2D eigenvalue weighted by Crippen LogP contribution is -1.80. The summed E-state index contributed by atoms with van der Waals surface area (Å²) in [6.07, 6.45) is 3.57. The van der Waals surface area contributed by atoms with Crippen LogP contribution in [0.2, 0.25) is 0 Å². The normalized spacial score (nSPS) is 9.77. The van der Waals surface area contributed by atoms with Crippen molar-refractivity contribution in [2.24, 2.45) is 0 Å². The minimum atomic E-state index is 0.341. The van der Waals surface area contributed by atoms with E-state index < -0.39 is 0 Å². The van der Waals surface area contributed by atoms with Gasteiger partial charge in [0.15, 0.2) is 11.6 Å². The van der Waals surface area contributed by atoms with E-state index in [1.54, 1.807) is 18.5 Å². The van der Waals surface area contributed by atoms with Gasteiger partial charge in [-0.15, -0.1) is 0 Å². The van der Waals surface area contributed by atoms with Gasteiger partial charge < -0.3 is 9.40 Å². The lowest BCUT2D eigenvalue weighted by molar-refractivity contribution is 0.578. The van der Waals surface area contributed by atoms with Crippen LogP contribution in [0.1, 0.15) is 5.69 Å². The highest BCUT2D eigenvalue weighted by Crippen LogP contribution is 2.15. The molecule has 64 valence electrons. The van der Waals surface area contributed by atoms with Crippen LogP contribution in [0.15, 0.2) is 29.0 Å². The van der Waals surface area contributed by atoms with Gasteiger partial charge in [-0.25, -0.2) is 4.98 Å². The minimum Gasteiger partial charge on any atom is -0.461 e. The fraction of sp³-hybridized carbons (Fsp3) is 0.111. The van der Waals surface area contributed by atoms with E-state index in [0.29, 0.717) is 18.0 Å². The first kappa shape index (κ1) is 7.62. The van der Waals surface area contributed by atoms with Crippen LogP contribution in [-0.2, 0) is 6.42 Å². The first-order valence-corrected chi connectivity index (χ1v) is 3.85. The summed E-state index contributed by atoms with van der Waals surface area (Å²) in [4.78, 5) is 7.07. The van der Waals surface area contributed by atoms with Crippen molar-refractivity contribution < 1.29 is 4.42 Å². The lowest BCUT2D eigenvalue weighted by atomic mass is 10.4. The van der Waals surface area contributed by atoms with E-state index in [4.69, 9.17) is 9.68 Å². The van der Waals surface area contributed by atoms with Crippen molar-refractivity contribution in [1.82, 2.24) is 9.97 Å². The highest BCUT2D eigenvalue weighted by Gasteiger charge is 2.04. The smallest absolute Gasteiger partial charge is 0.173 e. The summed E-state index contributed by atoms with van der Waals surface area (Å²) in [5.41, 5.74) is 0.800. The minimum absolute atomic E-state index is 0.341. The summed E-state index contributed by atoms with van der Waals surface area (Å²) in [5, 5.41) is 8.44. The first-order valence-electron chi connectivity index (χ1n) is 3.85. The Bertz CT molecular complexity index is 422. The third-order valence-electron chi connectivity index (χ3n) is 1.65. The summed E-state index contributed by atoms with van der Waals surface area (Å²) in [6.45, 7) is 0. The van der Waals surface area contributed by atoms with Gasteiger partial charge in [-0.1, -0.05) is 0 Å². The van der Waals surface area contributed by atoms with E-state index in [1.807, 2.05) is 12.1 Å². The first-order chi connectivity index (χ1) is 6.40. The Morgan fingerprint density at radius 1 is 1.62 bits per heavy atom. The second-order valence-electron chi connectivity index (χ2n) is 2.57. The molecule has 0 spiro atoms. The summed E-state index contributed by atoms with van der Waals surface area (Å²) in [5.74, 6) is 1.35. The predicted octanol–water partition coefficient (Wildman–Crippen LogP) is 1.74. The second-order valence-corrected chi connectivity index (χ2v) is 2.57. The van der Waals surface area contributed by atoms with Gasteiger partial charge in [0, 0.05) is 11.9 Å². The van der Waals surface area contributed by atoms with Crippen molar-refractivity contribution in [3.05, 3.63) is 30.3 Å². The zero-order valence-corrected chi connectivity index (χ0v) is 6.82. The van der Waals surface area contributed by atoms with E-state index in [9.17, 15) is 0 Å². The Morgan fingerprint density at radius 2 is 2.54 bits per heavy atom. The molecule has 0 aliphatic rings. The second kappa shape index (κ2) is 3.15. The van der Waals surface area contributed by atoms with Crippen LogP contribution >= 0.6 is 0 Å². The Labute approximate surface area is 74.8 Å². The van der Waals surface area contributed by atoms with E-state index in [2.05, 4.69) is 9.97 Å². The van der Waals surface area contributed by atoms with Gasteiger partial charge in [0.05, 0.1) is 18.8 Å². The molecule has 0 fully saturated rings. The lowest BCUT2D eigenvalue weighted by Gasteiger charge is -1.87. The number of hydrogen-bond donors (Lipinski definition) is 1. The van der Waals surface area contributed by atoms with Crippen LogP contribution in [0.5, 0.6) is 0 Å². The van der Waals surface area contributed by atoms with Crippen LogP contribution in [0, 0.1) is 11.3 Å². The number of aromatic nitrogens is 2. The van der Waals surface area contributed by atoms with Crippen molar-refractivity contribution in [2.45, 2.75) is 6.42 Å². The molecule has 1 N–H and O–H groups in total. The topological polar surface area (TPSA) is 65.6 Å². The third kappa shape index (κ3) is 1.44. The molecule has 0 aliphatic heterocycles. The largest absolute Gasteiger partial charge is 0.461 e. The van der Waals surface area contributed by atoms with Gasteiger partial charge in [-0.2, -0.15) is 5.26 Å². The number of imidazole rings is 1. The maximum absolute atomic E-state index is 8.44. The number of nitrogens with zero attached hydrogens (tertiary/aromatic N) is 2. The number of hydrogen-bond acceptors (Lipinski definition) is 3. The molecule has 2 aromatic rings. The summed E-state index contributed by atoms with van der Waals surface area (Å²) in [7, 11) is 0. The number of nitrogens with one attached hydrogen (secondary N) is 1. The monoisotopic (exact) mass is 173 g/mol. The quantitative estimate of drug-likeness (QED) is 0.752. The molecule has 0 atom stereocenters. The number of furan rings is 1. The molecule has 13 heavy (non-hydrogen) atoms. The van der Waals surface area contributed by atoms with Crippen molar-refractivity contribution in [3.8, 4) is 17.7 Å². The van der Waals surface area contributed by atoms with Gasteiger partial charge in [-0.05, 0) is 12.1 Å². The molecule has 0 unspecified atom stereocenters. The van der Waals surface area contributed by atoms with E-state index in [-0.39, 0.29) is 0 Å². The van der Waals surface area contributed by atoms with Crippen molar-refractivity contribution in [1.29, 1.82) is 5.26 Å². The summed E-state index contributed by atoms with van der Waals surface area (Å²) >= 11 is 0. The molecular weight excluding hydrogens is 166 g/mol. The number of H-pyrrole nitrogens is 1. The van der Waals surface area contributed by atoms with Crippen LogP contribution in [0.3, 0.4) is 0 Å². The molecule has 2 rings (SSSR count). The molecule has 0 radical (unpaired) electrons. The average Bonchev–Trinajstić information content (AvgIpc) is 2.70. The molecule has 0 bridgehead atoms. The van der Waals surface area contributed by atoms with Crippen LogP contribution in [0.25, 0.3) is 11.6 Å². The van der Waals surface area contributed by atoms with Crippen LogP contribution in [0.4, 0.5) is 0 Å². The molecule has 4 nitrogen and oxygen atoms in total. The van der Waals surface area contributed by atoms with Gasteiger partial charge in [0.1, 0.15) is 0 Å². The molecule has 0 aromatic carbocycles. The number of rotatable bonds is 2. The molecule has 4 heteroatoms. The van der Waals surface area contributed by atoms with Crippen LogP contribution in [-0.4, -0.2) is 9.97 Å². The summed E-state index contributed by atoms with van der Waals surface area (Å²) < 4.78 is 5.13. The fourth-order valence-electron chi connectivity index (χ4n) is 1.07. The molecule has 2 aromatic heterocycles. The van der Waals surface area contributed by atoms with Gasteiger partial charge >= 0.3 is 0 Å². The SMILES string of the molecule is N#CCc1cnc(-c2ccco2)[nH]1. The third-order valence-corrected chi connectivity index (χ3v) is 1.65. The zero-order valence-electron chi connectivity index (χ0n) is 6.82. The number of nitriles is 1. The van der Waals surface area contributed by atoms with E-state index in [0.717, 1.165) is 5.69 Å². The standard InChI is InChI=1S/C9H7N3O/c10-4-3-7-6-11-9(12-7)8-2-1-5-13-8/h1-2,5-6H,3H2,(H,11,12). The van der Waals surface area contributed by atoms with Crippen molar-refractivity contribution in [3.63, 3.8) is 0 Å². The van der Waals surface area contributed by atoms with Gasteiger partial charge in [0.25, 0.3) is 0 Å². The molecule has 2 heterocycles. The Kier molecular flexibility index (Phi) is 1.85. The zero-order chi connectivity index (χ0) is 9.10. The number of aromatic amines is 1. The molecule has 0 saturated carbocycles. The molecular formula is C9H7N3O. The molecule has 0 amide bonds. The Hall–Kier alpha value is -2.02. The Balaban J connectivity index is 2.29. The van der Waals surface area contributed by atoms with Crippen LogP contribution < -0.4 is 0 Å². The Morgan fingerprint density at radius 3 is 3.23 bits per heavy atom. The highest BCUT2D eigenvalue weighted by molar-refractivity contribution is 5.46. The average molecular weight is 173 g/mol. The predicted molar refractivity (Wildman–Crippen MR) is 45.6 cm³/mol.